The Morgan fingerprint density at radius 2 is 1.77 bits per heavy atom. The number of rotatable bonds is 5. The first-order valence-corrected chi connectivity index (χ1v) is 13.8. The standard InChI is InChI=1S/C29H40N8O2/c1-29(2,3)21-11-9-20(10-12-21)27(38)30-22-8-6-7-13-36(18-22)26-17-24(28(39)35(5)33-26)31-25-16-23-19-34(4)14-15-37(23)32-25/h9-12,16-17,22H,6-8,13-15,18-19H2,1-5H3,(H,30,38)(H,31,32)/t22-/m1/s1. The molecule has 0 bridgehead atoms. The van der Waals surface area contributed by atoms with Gasteiger partial charge in [-0.2, -0.15) is 10.2 Å². The SMILES string of the molecule is CN1CCn2nc(Nc3cc(N4CCCC[C@@H](NC(=O)c5ccc(C(C)(C)C)cc5)C4)nn(C)c3=O)cc2C1. The zero-order valence-electron chi connectivity index (χ0n) is 23.7. The molecule has 2 N–H and O–H groups in total. The molecule has 2 aliphatic rings. The molecule has 0 spiro atoms. The Balaban J connectivity index is 1.31. The van der Waals surface area contributed by atoms with Crippen LogP contribution in [0.3, 0.4) is 0 Å². The van der Waals surface area contributed by atoms with Crippen LogP contribution in [0, 0.1) is 0 Å². The Morgan fingerprint density at radius 1 is 1.00 bits per heavy atom. The first-order chi connectivity index (χ1) is 18.6. The minimum absolute atomic E-state index is 0.0189. The van der Waals surface area contributed by atoms with Gasteiger partial charge in [0, 0.05) is 57.0 Å². The third-order valence-corrected chi connectivity index (χ3v) is 7.65. The van der Waals surface area contributed by atoms with Crippen LogP contribution in [-0.4, -0.2) is 63.1 Å². The van der Waals surface area contributed by atoms with Crippen LogP contribution in [-0.2, 0) is 25.6 Å². The molecule has 10 heteroatoms. The number of anilines is 3. The topological polar surface area (TPSA) is 100 Å². The molecule has 1 amide bonds. The van der Waals surface area contributed by atoms with Gasteiger partial charge in [0.05, 0.1) is 12.2 Å². The van der Waals surface area contributed by atoms with E-state index < -0.39 is 0 Å². The van der Waals surface area contributed by atoms with Crippen LogP contribution < -0.4 is 21.1 Å². The summed E-state index contributed by atoms with van der Waals surface area (Å²) in [6.07, 6.45) is 2.89. The zero-order valence-corrected chi connectivity index (χ0v) is 23.7. The summed E-state index contributed by atoms with van der Waals surface area (Å²) < 4.78 is 3.37. The molecule has 5 rings (SSSR count). The molecule has 0 radical (unpaired) electrons. The lowest BCUT2D eigenvalue weighted by atomic mass is 9.86. The molecule has 10 nitrogen and oxygen atoms in total. The van der Waals surface area contributed by atoms with E-state index in [2.05, 4.69) is 58.4 Å². The minimum Gasteiger partial charge on any atom is -0.353 e. The molecule has 2 aromatic heterocycles. The van der Waals surface area contributed by atoms with Crippen molar-refractivity contribution in [1.82, 2.24) is 29.8 Å². The molecule has 1 saturated heterocycles. The van der Waals surface area contributed by atoms with Gasteiger partial charge in [0.2, 0.25) is 0 Å². The van der Waals surface area contributed by atoms with Gasteiger partial charge < -0.3 is 15.5 Å². The smallest absolute Gasteiger partial charge is 0.290 e. The predicted octanol–water partition coefficient (Wildman–Crippen LogP) is 3.25. The normalized spacial score (nSPS) is 18.4. The van der Waals surface area contributed by atoms with Gasteiger partial charge >= 0.3 is 0 Å². The molecule has 1 aromatic carbocycles. The zero-order chi connectivity index (χ0) is 27.7. The van der Waals surface area contributed by atoms with Crippen molar-refractivity contribution >= 4 is 23.2 Å². The fourth-order valence-electron chi connectivity index (χ4n) is 5.29. The Morgan fingerprint density at radius 3 is 2.51 bits per heavy atom. The van der Waals surface area contributed by atoms with Crippen molar-refractivity contribution in [1.29, 1.82) is 0 Å². The van der Waals surface area contributed by atoms with Crippen molar-refractivity contribution in [3.05, 3.63) is 63.6 Å². The first kappa shape index (κ1) is 26.9. The molecule has 39 heavy (non-hydrogen) atoms. The number of amides is 1. The monoisotopic (exact) mass is 532 g/mol. The summed E-state index contributed by atoms with van der Waals surface area (Å²) in [5.41, 5.74) is 3.26. The number of nitrogens with one attached hydrogen (secondary N) is 2. The van der Waals surface area contributed by atoms with Gasteiger partial charge in [0.15, 0.2) is 11.6 Å². The lowest BCUT2D eigenvalue weighted by molar-refractivity contribution is 0.0936. The lowest BCUT2D eigenvalue weighted by Crippen LogP contribution is -2.43. The summed E-state index contributed by atoms with van der Waals surface area (Å²) in [7, 11) is 3.76. The van der Waals surface area contributed by atoms with Crippen LogP contribution >= 0.6 is 0 Å². The molecule has 1 fully saturated rings. The second-order valence-electron chi connectivity index (χ2n) is 11.9. The molecule has 4 heterocycles. The van der Waals surface area contributed by atoms with E-state index in [0.717, 1.165) is 51.1 Å². The molecule has 208 valence electrons. The van der Waals surface area contributed by atoms with Crippen LogP contribution in [0.1, 0.15) is 61.6 Å². The van der Waals surface area contributed by atoms with E-state index in [4.69, 9.17) is 0 Å². The van der Waals surface area contributed by atoms with Crippen LogP contribution in [0.15, 0.2) is 41.2 Å². The Labute approximate surface area is 230 Å². The van der Waals surface area contributed by atoms with Crippen molar-refractivity contribution in [2.24, 2.45) is 7.05 Å². The molecule has 0 aliphatic carbocycles. The molecule has 0 saturated carbocycles. The Bertz CT molecular complexity index is 1390. The average molecular weight is 533 g/mol. The molecular formula is C29H40N8O2. The number of aromatic nitrogens is 4. The highest BCUT2D eigenvalue weighted by molar-refractivity contribution is 5.94. The van der Waals surface area contributed by atoms with Crippen molar-refractivity contribution in [3.8, 4) is 0 Å². The number of benzene rings is 1. The maximum atomic E-state index is 13.1. The molecule has 2 aliphatic heterocycles. The van der Waals surface area contributed by atoms with Gasteiger partial charge in [0.25, 0.3) is 11.5 Å². The first-order valence-electron chi connectivity index (χ1n) is 13.8. The lowest BCUT2D eigenvalue weighted by Gasteiger charge is -2.26. The highest BCUT2D eigenvalue weighted by atomic mass is 16.2. The van der Waals surface area contributed by atoms with Crippen LogP contribution in [0.5, 0.6) is 0 Å². The quantitative estimate of drug-likeness (QED) is 0.520. The fraction of sp³-hybridized carbons (Fsp3) is 0.517. The maximum Gasteiger partial charge on any atom is 0.290 e. The van der Waals surface area contributed by atoms with E-state index in [1.165, 1.54) is 10.2 Å². The van der Waals surface area contributed by atoms with E-state index in [1.807, 2.05) is 41.1 Å². The molecule has 3 aromatic rings. The number of aryl methyl sites for hydroxylation is 1. The summed E-state index contributed by atoms with van der Waals surface area (Å²) in [4.78, 5) is 30.4. The van der Waals surface area contributed by atoms with E-state index in [9.17, 15) is 9.59 Å². The Kier molecular flexibility index (Phi) is 7.48. The number of carbonyl (C=O) groups is 1. The number of hydrogen-bond donors (Lipinski definition) is 2. The number of carbonyl (C=O) groups excluding carboxylic acids is 1. The van der Waals surface area contributed by atoms with E-state index >= 15 is 0 Å². The average Bonchev–Trinajstić information content (AvgIpc) is 3.13. The summed E-state index contributed by atoms with van der Waals surface area (Å²) in [5.74, 6) is 1.31. The molecule has 0 unspecified atom stereocenters. The predicted molar refractivity (Wildman–Crippen MR) is 154 cm³/mol. The van der Waals surface area contributed by atoms with Crippen LogP contribution in [0.2, 0.25) is 0 Å². The fourth-order valence-corrected chi connectivity index (χ4v) is 5.29. The summed E-state index contributed by atoms with van der Waals surface area (Å²) in [5, 5.41) is 15.7. The molecule has 1 atom stereocenters. The van der Waals surface area contributed by atoms with Crippen molar-refractivity contribution < 1.29 is 4.79 Å². The second-order valence-corrected chi connectivity index (χ2v) is 11.9. The van der Waals surface area contributed by atoms with Gasteiger partial charge in [0.1, 0.15) is 5.69 Å². The van der Waals surface area contributed by atoms with Crippen molar-refractivity contribution in [2.45, 2.75) is 64.6 Å². The minimum atomic E-state index is -0.208. The summed E-state index contributed by atoms with van der Waals surface area (Å²) in [6, 6.07) is 11.7. The number of fused-ring (bicyclic) bond motifs is 1. The van der Waals surface area contributed by atoms with Crippen LogP contribution in [0.25, 0.3) is 0 Å². The van der Waals surface area contributed by atoms with Gasteiger partial charge in [-0.1, -0.05) is 32.9 Å². The van der Waals surface area contributed by atoms with Gasteiger partial charge in [-0.3, -0.25) is 19.2 Å². The number of likely N-dealkylation sites (N-methyl/N-ethyl adjacent to an activating group) is 1. The van der Waals surface area contributed by atoms with E-state index in [1.54, 1.807) is 7.05 Å². The number of hydrogen-bond acceptors (Lipinski definition) is 7. The summed E-state index contributed by atoms with van der Waals surface area (Å²) >= 11 is 0. The largest absolute Gasteiger partial charge is 0.353 e. The summed E-state index contributed by atoms with van der Waals surface area (Å²) in [6.45, 7) is 10.5. The number of nitrogens with zero attached hydrogens (tertiary/aromatic N) is 6. The highest BCUT2D eigenvalue weighted by Crippen LogP contribution is 2.24. The van der Waals surface area contributed by atoms with Crippen LogP contribution in [0.4, 0.5) is 17.3 Å². The Hall–Kier alpha value is -3.66. The van der Waals surface area contributed by atoms with E-state index in [0.29, 0.717) is 29.4 Å². The molecular weight excluding hydrogens is 492 g/mol. The van der Waals surface area contributed by atoms with Crippen molar-refractivity contribution in [3.63, 3.8) is 0 Å². The maximum absolute atomic E-state index is 13.1. The highest BCUT2D eigenvalue weighted by Gasteiger charge is 2.24. The van der Waals surface area contributed by atoms with Gasteiger partial charge in [-0.05, 0) is 49.4 Å². The van der Waals surface area contributed by atoms with Gasteiger partial charge in [-0.25, -0.2) is 4.68 Å². The van der Waals surface area contributed by atoms with E-state index in [-0.39, 0.29) is 22.9 Å². The third-order valence-electron chi connectivity index (χ3n) is 7.65. The van der Waals surface area contributed by atoms with Crippen molar-refractivity contribution in [2.75, 3.05) is 36.9 Å². The second kappa shape index (κ2) is 10.8. The third kappa shape index (κ3) is 6.16. The van der Waals surface area contributed by atoms with Gasteiger partial charge in [-0.15, -0.1) is 0 Å².